The van der Waals surface area contributed by atoms with Gasteiger partial charge in [-0.05, 0) is 36.4 Å². The number of piperazine rings is 1. The minimum absolute atomic E-state index is 0.00864. The summed E-state index contributed by atoms with van der Waals surface area (Å²) >= 11 is 3.34. The number of carbonyl (C=O) groups excluding carboxylic acids is 2. The molecule has 0 atom stereocenters. The lowest BCUT2D eigenvalue weighted by molar-refractivity contribution is -0.120. The van der Waals surface area contributed by atoms with Crippen molar-refractivity contribution in [3.8, 4) is 0 Å². The average molecular weight is 375 g/mol. The fourth-order valence-corrected chi connectivity index (χ4v) is 2.55. The van der Waals surface area contributed by atoms with Crippen LogP contribution in [-0.4, -0.2) is 36.4 Å². The first-order valence-corrected chi connectivity index (χ1v) is 7.96. The summed E-state index contributed by atoms with van der Waals surface area (Å²) in [6.45, 7) is 1.64. The van der Waals surface area contributed by atoms with Gasteiger partial charge in [0.25, 0.3) is 5.91 Å². The van der Waals surface area contributed by atoms with Crippen LogP contribution in [0.4, 0.5) is 11.5 Å². The van der Waals surface area contributed by atoms with Crippen LogP contribution in [-0.2, 0) is 4.79 Å². The molecule has 0 unspecified atom stereocenters. The first kappa shape index (κ1) is 15.5. The van der Waals surface area contributed by atoms with E-state index in [1.165, 1.54) is 0 Å². The summed E-state index contributed by atoms with van der Waals surface area (Å²) in [6, 6.07) is 10.7. The molecule has 1 aliphatic heterocycles. The number of hydrogen-bond donors (Lipinski definition) is 2. The third-order valence-corrected chi connectivity index (χ3v) is 4.00. The number of nitrogens with zero attached hydrogens (tertiary/aromatic N) is 2. The molecule has 2 heterocycles. The average Bonchev–Trinajstić information content (AvgIpc) is 2.56. The van der Waals surface area contributed by atoms with E-state index in [4.69, 9.17) is 0 Å². The maximum absolute atomic E-state index is 12.1. The van der Waals surface area contributed by atoms with E-state index in [2.05, 4.69) is 31.5 Å². The topological polar surface area (TPSA) is 74.3 Å². The van der Waals surface area contributed by atoms with Crippen molar-refractivity contribution >= 4 is 39.2 Å². The second-order valence-electron chi connectivity index (χ2n) is 5.14. The molecule has 0 spiro atoms. The first-order chi connectivity index (χ1) is 11.1. The Hall–Kier alpha value is -2.41. The van der Waals surface area contributed by atoms with Gasteiger partial charge < -0.3 is 15.5 Å². The number of carbonyl (C=O) groups is 2. The maximum Gasteiger partial charge on any atom is 0.255 e. The second-order valence-corrected chi connectivity index (χ2v) is 6.05. The summed E-state index contributed by atoms with van der Waals surface area (Å²) in [5, 5.41) is 5.57. The largest absolute Gasteiger partial charge is 0.353 e. The van der Waals surface area contributed by atoms with E-state index in [9.17, 15) is 9.59 Å². The molecule has 23 heavy (non-hydrogen) atoms. The second kappa shape index (κ2) is 6.78. The fraction of sp³-hybridized carbons (Fsp3) is 0.188. The lowest BCUT2D eigenvalue weighted by atomic mass is 10.2. The Labute approximate surface area is 142 Å². The third kappa shape index (κ3) is 3.87. The van der Waals surface area contributed by atoms with Gasteiger partial charge in [-0.25, -0.2) is 4.98 Å². The lowest BCUT2D eigenvalue weighted by Gasteiger charge is -2.27. The smallest absolute Gasteiger partial charge is 0.255 e. The molecule has 1 aromatic carbocycles. The highest BCUT2D eigenvalue weighted by Gasteiger charge is 2.17. The molecule has 0 bridgehead atoms. The fourth-order valence-electron chi connectivity index (χ4n) is 2.29. The van der Waals surface area contributed by atoms with Gasteiger partial charge in [-0.15, -0.1) is 0 Å². The number of aromatic nitrogens is 1. The Morgan fingerprint density at radius 2 is 2.00 bits per heavy atom. The molecule has 1 saturated heterocycles. The van der Waals surface area contributed by atoms with Gasteiger partial charge in [0.15, 0.2) is 0 Å². The van der Waals surface area contributed by atoms with Crippen LogP contribution in [0, 0.1) is 0 Å². The highest BCUT2D eigenvalue weighted by Crippen LogP contribution is 2.16. The van der Waals surface area contributed by atoms with E-state index in [1.807, 2.05) is 17.0 Å². The van der Waals surface area contributed by atoms with E-state index in [0.717, 1.165) is 16.8 Å². The van der Waals surface area contributed by atoms with Crippen molar-refractivity contribution in [2.45, 2.75) is 0 Å². The molecular weight excluding hydrogens is 360 g/mol. The van der Waals surface area contributed by atoms with Crippen LogP contribution in [0.1, 0.15) is 10.4 Å². The Morgan fingerprint density at radius 3 is 2.65 bits per heavy atom. The van der Waals surface area contributed by atoms with Gasteiger partial charge in [0.2, 0.25) is 5.91 Å². The lowest BCUT2D eigenvalue weighted by Crippen LogP contribution is -2.48. The highest BCUT2D eigenvalue weighted by atomic mass is 79.9. The van der Waals surface area contributed by atoms with E-state index in [-0.39, 0.29) is 11.8 Å². The van der Waals surface area contributed by atoms with Crippen molar-refractivity contribution in [2.75, 3.05) is 29.9 Å². The minimum Gasteiger partial charge on any atom is -0.353 e. The normalized spacial score (nSPS) is 14.3. The number of hydrogen-bond acceptors (Lipinski definition) is 4. The van der Waals surface area contributed by atoms with Crippen LogP contribution in [0.3, 0.4) is 0 Å². The Balaban J connectivity index is 1.66. The summed E-state index contributed by atoms with van der Waals surface area (Å²) in [6.07, 6.45) is 1.60. The first-order valence-electron chi connectivity index (χ1n) is 7.16. The minimum atomic E-state index is -0.190. The quantitative estimate of drug-likeness (QED) is 0.861. The molecule has 1 fully saturated rings. The molecule has 1 aliphatic rings. The zero-order valence-corrected chi connectivity index (χ0v) is 13.8. The van der Waals surface area contributed by atoms with E-state index >= 15 is 0 Å². The van der Waals surface area contributed by atoms with Crippen LogP contribution < -0.4 is 15.5 Å². The summed E-state index contributed by atoms with van der Waals surface area (Å²) in [4.78, 5) is 29.8. The van der Waals surface area contributed by atoms with Crippen molar-refractivity contribution < 1.29 is 9.59 Å². The molecule has 118 valence electrons. The molecule has 3 rings (SSSR count). The molecule has 0 radical (unpaired) electrons. The van der Waals surface area contributed by atoms with Crippen molar-refractivity contribution in [1.29, 1.82) is 0 Å². The number of amides is 2. The van der Waals surface area contributed by atoms with Crippen molar-refractivity contribution in [3.63, 3.8) is 0 Å². The molecule has 0 saturated carbocycles. The standard InChI is InChI=1S/C16H15BrN4O2/c17-12-3-1-11(2-4-12)16(23)20-13-5-6-14(19-9-13)21-8-7-18-15(22)10-21/h1-6,9H,7-8,10H2,(H,18,22)(H,20,23). The summed E-state index contributed by atoms with van der Waals surface area (Å²) in [5.74, 6) is 0.525. The van der Waals surface area contributed by atoms with Gasteiger partial charge in [0.1, 0.15) is 5.82 Å². The predicted octanol–water partition coefficient (Wildman–Crippen LogP) is 2.03. The Morgan fingerprint density at radius 1 is 1.22 bits per heavy atom. The molecule has 2 amide bonds. The number of rotatable bonds is 3. The van der Waals surface area contributed by atoms with Gasteiger partial charge in [0.05, 0.1) is 18.4 Å². The van der Waals surface area contributed by atoms with Crippen molar-refractivity contribution in [1.82, 2.24) is 10.3 Å². The Bertz CT molecular complexity index is 716. The number of anilines is 2. The van der Waals surface area contributed by atoms with Gasteiger partial charge in [-0.3, -0.25) is 9.59 Å². The van der Waals surface area contributed by atoms with E-state index in [0.29, 0.717) is 24.3 Å². The molecule has 2 N–H and O–H groups in total. The summed E-state index contributed by atoms with van der Waals surface area (Å²) in [7, 11) is 0. The van der Waals surface area contributed by atoms with E-state index < -0.39 is 0 Å². The monoisotopic (exact) mass is 374 g/mol. The highest BCUT2D eigenvalue weighted by molar-refractivity contribution is 9.10. The van der Waals surface area contributed by atoms with Crippen LogP contribution in [0.5, 0.6) is 0 Å². The van der Waals surface area contributed by atoms with Crippen LogP contribution in [0.25, 0.3) is 0 Å². The number of pyridine rings is 1. The van der Waals surface area contributed by atoms with Crippen molar-refractivity contribution in [2.24, 2.45) is 0 Å². The van der Waals surface area contributed by atoms with Crippen LogP contribution >= 0.6 is 15.9 Å². The zero-order valence-electron chi connectivity index (χ0n) is 12.3. The summed E-state index contributed by atoms with van der Waals surface area (Å²) in [5.41, 5.74) is 1.19. The van der Waals surface area contributed by atoms with E-state index in [1.54, 1.807) is 30.5 Å². The van der Waals surface area contributed by atoms with Gasteiger partial charge in [-0.2, -0.15) is 0 Å². The number of halogens is 1. The molecule has 6 nitrogen and oxygen atoms in total. The molecular formula is C16H15BrN4O2. The molecule has 1 aromatic heterocycles. The van der Waals surface area contributed by atoms with Gasteiger partial charge in [0, 0.05) is 23.1 Å². The SMILES string of the molecule is O=C1CN(c2ccc(NC(=O)c3ccc(Br)cc3)cn2)CCN1. The van der Waals surface area contributed by atoms with Gasteiger partial charge >= 0.3 is 0 Å². The van der Waals surface area contributed by atoms with Crippen LogP contribution in [0.15, 0.2) is 47.1 Å². The number of nitrogens with one attached hydrogen (secondary N) is 2. The third-order valence-electron chi connectivity index (χ3n) is 3.47. The molecule has 0 aliphatic carbocycles. The predicted molar refractivity (Wildman–Crippen MR) is 91.6 cm³/mol. The van der Waals surface area contributed by atoms with Crippen molar-refractivity contribution in [3.05, 3.63) is 52.6 Å². The van der Waals surface area contributed by atoms with Gasteiger partial charge in [-0.1, -0.05) is 15.9 Å². The number of benzene rings is 1. The Kier molecular flexibility index (Phi) is 4.57. The zero-order chi connectivity index (χ0) is 16.2. The van der Waals surface area contributed by atoms with Crippen LogP contribution in [0.2, 0.25) is 0 Å². The molecule has 2 aromatic rings. The molecule has 7 heteroatoms. The summed E-state index contributed by atoms with van der Waals surface area (Å²) < 4.78 is 0.922. The maximum atomic E-state index is 12.1.